The molecule has 0 amide bonds. The fourth-order valence-corrected chi connectivity index (χ4v) is 1.44. The largest absolute Gasteiger partial charge is 0.469 e. The van der Waals surface area contributed by atoms with Crippen molar-refractivity contribution >= 4 is 11.8 Å². The molecule has 0 aliphatic rings. The Balaban J connectivity index is 2.44. The molecule has 1 aromatic heterocycles. The van der Waals surface area contributed by atoms with Gasteiger partial charge < -0.3 is 9.64 Å². The number of nitrogens with zero attached hydrogens (tertiary/aromatic N) is 3. The number of carbonyl (C=O) groups is 1. The van der Waals surface area contributed by atoms with Crippen molar-refractivity contribution in [1.29, 1.82) is 0 Å². The van der Waals surface area contributed by atoms with E-state index in [0.717, 1.165) is 24.5 Å². The van der Waals surface area contributed by atoms with Crippen molar-refractivity contribution in [1.82, 2.24) is 9.97 Å². The highest BCUT2D eigenvalue weighted by atomic mass is 16.5. The molecule has 0 atom stereocenters. The second-order valence-electron chi connectivity index (χ2n) is 3.57. The maximum atomic E-state index is 10.9. The van der Waals surface area contributed by atoms with Crippen molar-refractivity contribution in [3.05, 3.63) is 18.1 Å². The standard InChI is InChI=1S/C11H17N3O2/c1-9-11(13-7-6-12-9)14(2)8-4-5-10(15)16-3/h6-7H,4-5,8H2,1-3H3. The molecular weight excluding hydrogens is 206 g/mol. The lowest BCUT2D eigenvalue weighted by molar-refractivity contribution is -0.140. The van der Waals surface area contributed by atoms with Crippen molar-refractivity contribution in [2.24, 2.45) is 0 Å². The van der Waals surface area contributed by atoms with Gasteiger partial charge in [0.1, 0.15) is 5.82 Å². The summed E-state index contributed by atoms with van der Waals surface area (Å²) < 4.78 is 4.58. The van der Waals surface area contributed by atoms with E-state index in [1.165, 1.54) is 7.11 Å². The highest BCUT2D eigenvalue weighted by Gasteiger charge is 2.07. The van der Waals surface area contributed by atoms with Crippen molar-refractivity contribution in [2.45, 2.75) is 19.8 Å². The SMILES string of the molecule is COC(=O)CCCN(C)c1nccnc1C. The molecule has 16 heavy (non-hydrogen) atoms. The maximum Gasteiger partial charge on any atom is 0.305 e. The number of hydrogen-bond acceptors (Lipinski definition) is 5. The zero-order valence-corrected chi connectivity index (χ0v) is 9.93. The average Bonchev–Trinajstić information content (AvgIpc) is 2.29. The molecule has 1 rings (SSSR count). The second-order valence-corrected chi connectivity index (χ2v) is 3.57. The van der Waals surface area contributed by atoms with E-state index < -0.39 is 0 Å². The Kier molecular flexibility index (Phi) is 4.69. The first kappa shape index (κ1) is 12.4. The van der Waals surface area contributed by atoms with Gasteiger partial charge in [-0.05, 0) is 13.3 Å². The Morgan fingerprint density at radius 2 is 2.12 bits per heavy atom. The smallest absolute Gasteiger partial charge is 0.305 e. The summed E-state index contributed by atoms with van der Waals surface area (Å²) in [5.41, 5.74) is 0.892. The predicted octanol–water partition coefficient (Wildman–Crippen LogP) is 1.17. The Bertz CT molecular complexity index is 355. The van der Waals surface area contributed by atoms with Crippen LogP contribution in [0.5, 0.6) is 0 Å². The van der Waals surface area contributed by atoms with Gasteiger partial charge >= 0.3 is 5.97 Å². The molecular formula is C11H17N3O2. The van der Waals surface area contributed by atoms with Crippen LogP contribution in [-0.4, -0.2) is 36.6 Å². The summed E-state index contributed by atoms with van der Waals surface area (Å²) in [6.07, 6.45) is 4.51. The number of aryl methyl sites for hydroxylation is 1. The number of methoxy groups -OCH3 is 1. The van der Waals surface area contributed by atoms with Gasteiger partial charge in [-0.15, -0.1) is 0 Å². The number of ether oxygens (including phenoxy) is 1. The summed E-state index contributed by atoms with van der Waals surface area (Å²) in [5, 5.41) is 0. The lowest BCUT2D eigenvalue weighted by Gasteiger charge is -2.18. The van der Waals surface area contributed by atoms with Crippen LogP contribution in [-0.2, 0) is 9.53 Å². The maximum absolute atomic E-state index is 10.9. The molecule has 0 fully saturated rings. The predicted molar refractivity (Wildman–Crippen MR) is 61.3 cm³/mol. The van der Waals surface area contributed by atoms with Gasteiger partial charge in [0.05, 0.1) is 12.8 Å². The number of hydrogen-bond donors (Lipinski definition) is 0. The molecule has 1 heterocycles. The van der Waals surface area contributed by atoms with Gasteiger partial charge in [-0.2, -0.15) is 0 Å². The first-order valence-corrected chi connectivity index (χ1v) is 5.20. The van der Waals surface area contributed by atoms with Crippen LogP contribution >= 0.6 is 0 Å². The van der Waals surface area contributed by atoms with Gasteiger partial charge in [0.15, 0.2) is 0 Å². The molecule has 0 aromatic carbocycles. The molecule has 0 N–H and O–H groups in total. The average molecular weight is 223 g/mol. The van der Waals surface area contributed by atoms with Crippen LogP contribution in [0.4, 0.5) is 5.82 Å². The second kappa shape index (κ2) is 6.05. The Labute approximate surface area is 95.5 Å². The third-order valence-corrected chi connectivity index (χ3v) is 2.32. The number of rotatable bonds is 5. The van der Waals surface area contributed by atoms with Gasteiger partial charge in [-0.3, -0.25) is 9.78 Å². The van der Waals surface area contributed by atoms with Crippen LogP contribution in [0.15, 0.2) is 12.4 Å². The first-order chi connectivity index (χ1) is 7.65. The van der Waals surface area contributed by atoms with Gasteiger partial charge in [0.2, 0.25) is 0 Å². The Hall–Kier alpha value is -1.65. The van der Waals surface area contributed by atoms with E-state index in [-0.39, 0.29) is 5.97 Å². The summed E-state index contributed by atoms with van der Waals surface area (Å²) in [5.74, 6) is 0.677. The van der Waals surface area contributed by atoms with Gasteiger partial charge in [-0.25, -0.2) is 4.98 Å². The highest BCUT2D eigenvalue weighted by molar-refractivity contribution is 5.69. The molecule has 5 heteroatoms. The summed E-state index contributed by atoms with van der Waals surface area (Å²) in [6.45, 7) is 2.67. The van der Waals surface area contributed by atoms with Gasteiger partial charge in [0.25, 0.3) is 0 Å². The van der Waals surface area contributed by atoms with Crippen molar-refractivity contribution < 1.29 is 9.53 Å². The summed E-state index contributed by atoms with van der Waals surface area (Å²) in [6, 6.07) is 0. The molecule has 0 aliphatic carbocycles. The van der Waals surface area contributed by atoms with Crippen molar-refractivity contribution in [3.8, 4) is 0 Å². The van der Waals surface area contributed by atoms with Gasteiger partial charge in [0, 0.05) is 32.4 Å². The van der Waals surface area contributed by atoms with Crippen molar-refractivity contribution in [3.63, 3.8) is 0 Å². The molecule has 0 saturated heterocycles. The molecule has 0 saturated carbocycles. The minimum Gasteiger partial charge on any atom is -0.469 e. The number of anilines is 1. The third-order valence-electron chi connectivity index (χ3n) is 2.32. The summed E-state index contributed by atoms with van der Waals surface area (Å²) in [4.78, 5) is 21.3. The summed E-state index contributed by atoms with van der Waals surface area (Å²) >= 11 is 0. The zero-order chi connectivity index (χ0) is 12.0. The summed E-state index contributed by atoms with van der Waals surface area (Å²) in [7, 11) is 3.34. The van der Waals surface area contributed by atoms with E-state index in [1.54, 1.807) is 12.4 Å². The monoisotopic (exact) mass is 223 g/mol. The molecule has 0 bridgehead atoms. The highest BCUT2D eigenvalue weighted by Crippen LogP contribution is 2.12. The Morgan fingerprint density at radius 1 is 1.44 bits per heavy atom. The van der Waals surface area contributed by atoms with Crippen LogP contribution in [0.2, 0.25) is 0 Å². The van der Waals surface area contributed by atoms with E-state index in [9.17, 15) is 4.79 Å². The van der Waals surface area contributed by atoms with Crippen LogP contribution in [0.3, 0.4) is 0 Å². The first-order valence-electron chi connectivity index (χ1n) is 5.20. The number of esters is 1. The minimum atomic E-state index is -0.177. The normalized spacial score (nSPS) is 9.94. The van der Waals surface area contributed by atoms with Crippen molar-refractivity contribution in [2.75, 3.05) is 25.6 Å². The zero-order valence-electron chi connectivity index (χ0n) is 9.93. The van der Waals surface area contributed by atoms with Crippen LogP contribution in [0.1, 0.15) is 18.5 Å². The molecule has 5 nitrogen and oxygen atoms in total. The number of carbonyl (C=O) groups excluding carboxylic acids is 1. The Morgan fingerprint density at radius 3 is 2.75 bits per heavy atom. The van der Waals surface area contributed by atoms with Crippen LogP contribution in [0.25, 0.3) is 0 Å². The lowest BCUT2D eigenvalue weighted by atomic mass is 10.3. The number of aromatic nitrogens is 2. The molecule has 0 radical (unpaired) electrons. The van der Waals surface area contributed by atoms with E-state index in [0.29, 0.717) is 6.42 Å². The van der Waals surface area contributed by atoms with Crippen LogP contribution in [0, 0.1) is 6.92 Å². The van der Waals surface area contributed by atoms with E-state index in [4.69, 9.17) is 0 Å². The quantitative estimate of drug-likeness (QED) is 0.701. The molecule has 0 spiro atoms. The van der Waals surface area contributed by atoms with E-state index in [1.807, 2.05) is 18.9 Å². The molecule has 0 unspecified atom stereocenters. The fraction of sp³-hybridized carbons (Fsp3) is 0.545. The van der Waals surface area contributed by atoms with E-state index >= 15 is 0 Å². The topological polar surface area (TPSA) is 55.3 Å². The lowest BCUT2D eigenvalue weighted by Crippen LogP contribution is -2.21. The fourth-order valence-electron chi connectivity index (χ4n) is 1.44. The van der Waals surface area contributed by atoms with E-state index in [2.05, 4.69) is 14.7 Å². The third kappa shape index (κ3) is 3.49. The molecule has 0 aliphatic heterocycles. The van der Waals surface area contributed by atoms with Crippen LogP contribution < -0.4 is 4.90 Å². The molecule has 88 valence electrons. The van der Waals surface area contributed by atoms with Gasteiger partial charge in [-0.1, -0.05) is 0 Å². The minimum absolute atomic E-state index is 0.177. The molecule has 1 aromatic rings.